The molecule has 1 heterocycles. The first-order chi connectivity index (χ1) is 9.90. The fraction of sp³-hybridized carbons (Fsp3) is 0.167. The Morgan fingerprint density at radius 3 is 2.86 bits per heavy atom. The van der Waals surface area contributed by atoms with Crippen molar-refractivity contribution >= 4 is 28.6 Å². The number of hydrogen-bond donors (Lipinski definition) is 3. The van der Waals surface area contributed by atoms with E-state index in [4.69, 9.17) is 5.73 Å². The molecule has 0 bridgehead atoms. The van der Waals surface area contributed by atoms with Gasteiger partial charge in [-0.2, -0.15) is 0 Å². The van der Waals surface area contributed by atoms with Gasteiger partial charge in [0.1, 0.15) is 16.5 Å². The van der Waals surface area contributed by atoms with Crippen LogP contribution in [0.25, 0.3) is 0 Å². The summed E-state index contributed by atoms with van der Waals surface area (Å²) in [4.78, 5) is 26.3. The molecule has 4 N–H and O–H groups in total. The number of nitro benzene ring substituents is 1. The predicted octanol–water partition coefficient (Wildman–Crippen LogP) is 2.03. The maximum absolute atomic E-state index is 12.0. The molecule has 1 aromatic carbocycles. The average molecular weight is 308 g/mol. The van der Waals surface area contributed by atoms with Crippen molar-refractivity contribution in [3.8, 4) is 5.75 Å². The molecule has 0 saturated heterocycles. The minimum atomic E-state index is -0.691. The molecule has 2 aromatic rings. The molecule has 110 valence electrons. The van der Waals surface area contributed by atoms with Crippen LogP contribution < -0.4 is 11.1 Å². The fourth-order valence-corrected chi connectivity index (χ4v) is 2.34. The van der Waals surface area contributed by atoms with Gasteiger partial charge in [-0.3, -0.25) is 14.9 Å². The Hall–Kier alpha value is -2.52. The van der Waals surface area contributed by atoms with Crippen LogP contribution in [0.15, 0.2) is 23.6 Å². The zero-order valence-electron chi connectivity index (χ0n) is 10.9. The smallest absolute Gasteiger partial charge is 0.296 e. The van der Waals surface area contributed by atoms with Crippen molar-refractivity contribution in [3.63, 3.8) is 0 Å². The summed E-state index contributed by atoms with van der Waals surface area (Å²) in [5.41, 5.74) is 5.08. The first-order valence-corrected chi connectivity index (χ1v) is 6.77. The number of nitro groups is 1. The fourth-order valence-electron chi connectivity index (χ4n) is 1.59. The third-order valence-corrected chi connectivity index (χ3v) is 3.65. The number of hydrogen-bond acceptors (Lipinski definition) is 7. The Bertz CT molecular complexity index is 698. The SMILES string of the molecule is CC(N)c1nc(C(=O)Nc2c(O)cccc2[N+](=O)[O-])cs1. The van der Waals surface area contributed by atoms with Crippen LogP contribution in [0.1, 0.15) is 28.5 Å². The molecule has 1 amide bonds. The van der Waals surface area contributed by atoms with Crippen LogP contribution >= 0.6 is 11.3 Å². The topological polar surface area (TPSA) is 131 Å². The Labute approximate surface area is 123 Å². The van der Waals surface area contributed by atoms with Crippen LogP contribution in [-0.4, -0.2) is 20.9 Å². The molecular weight excluding hydrogens is 296 g/mol. The van der Waals surface area contributed by atoms with Crippen LogP contribution in [0.2, 0.25) is 0 Å². The number of nitrogens with two attached hydrogens (primary N) is 1. The lowest BCUT2D eigenvalue weighted by molar-refractivity contribution is -0.384. The second-order valence-electron chi connectivity index (χ2n) is 4.24. The highest BCUT2D eigenvalue weighted by atomic mass is 32.1. The van der Waals surface area contributed by atoms with Crippen LogP contribution in [0.5, 0.6) is 5.75 Å². The van der Waals surface area contributed by atoms with Gasteiger partial charge in [-0.15, -0.1) is 11.3 Å². The van der Waals surface area contributed by atoms with Gasteiger partial charge in [0.25, 0.3) is 11.6 Å². The molecule has 0 aliphatic carbocycles. The number of para-hydroxylation sites is 1. The standard InChI is InChI=1S/C12H12N4O4S/c1-6(13)12-14-7(5-21-12)11(18)15-10-8(16(19)20)3-2-4-9(10)17/h2-6,17H,13H2,1H3,(H,15,18). The minimum Gasteiger partial charge on any atom is -0.505 e. The Morgan fingerprint density at radius 2 is 2.29 bits per heavy atom. The molecule has 0 aliphatic rings. The minimum absolute atomic E-state index is 0.0878. The lowest BCUT2D eigenvalue weighted by Gasteiger charge is -2.06. The molecular formula is C12H12N4O4S. The third-order valence-electron chi connectivity index (χ3n) is 2.60. The molecule has 0 aliphatic heterocycles. The number of rotatable bonds is 4. The number of carbonyl (C=O) groups excluding carboxylic acids is 1. The normalized spacial score (nSPS) is 11.9. The van der Waals surface area contributed by atoms with Gasteiger partial charge in [0.05, 0.1) is 11.0 Å². The second kappa shape index (κ2) is 5.85. The van der Waals surface area contributed by atoms with Crippen molar-refractivity contribution in [1.82, 2.24) is 4.98 Å². The summed E-state index contributed by atoms with van der Waals surface area (Å²) in [5, 5.41) is 24.9. The van der Waals surface area contributed by atoms with Crippen LogP contribution in [0.3, 0.4) is 0 Å². The highest BCUT2D eigenvalue weighted by Crippen LogP contribution is 2.33. The molecule has 2 rings (SSSR count). The van der Waals surface area contributed by atoms with E-state index in [0.29, 0.717) is 5.01 Å². The maximum atomic E-state index is 12.0. The van der Waals surface area contributed by atoms with Gasteiger partial charge in [-0.25, -0.2) is 4.98 Å². The van der Waals surface area contributed by atoms with Gasteiger partial charge in [0.2, 0.25) is 0 Å². The highest BCUT2D eigenvalue weighted by Gasteiger charge is 2.21. The van der Waals surface area contributed by atoms with Gasteiger partial charge < -0.3 is 16.2 Å². The number of aromatic hydroxyl groups is 1. The van der Waals surface area contributed by atoms with Crippen molar-refractivity contribution < 1.29 is 14.8 Å². The Kier molecular flexibility index (Phi) is 4.15. The van der Waals surface area contributed by atoms with E-state index < -0.39 is 16.5 Å². The molecule has 0 spiro atoms. The summed E-state index contributed by atoms with van der Waals surface area (Å²) < 4.78 is 0. The van der Waals surface area contributed by atoms with E-state index in [1.54, 1.807) is 6.92 Å². The molecule has 1 atom stereocenters. The number of carbonyl (C=O) groups is 1. The lowest BCUT2D eigenvalue weighted by atomic mass is 10.2. The van der Waals surface area contributed by atoms with Crippen molar-refractivity contribution in [2.75, 3.05) is 5.32 Å². The molecule has 0 radical (unpaired) electrons. The van der Waals surface area contributed by atoms with E-state index in [0.717, 1.165) is 0 Å². The highest BCUT2D eigenvalue weighted by molar-refractivity contribution is 7.09. The number of phenolic OH excluding ortho intramolecular Hbond substituents is 1. The van der Waals surface area contributed by atoms with Crippen LogP contribution in [0.4, 0.5) is 11.4 Å². The summed E-state index contributed by atoms with van der Waals surface area (Å²) in [6, 6.07) is 3.44. The number of thiazole rings is 1. The predicted molar refractivity (Wildman–Crippen MR) is 77.4 cm³/mol. The van der Waals surface area contributed by atoms with Crippen molar-refractivity contribution in [2.24, 2.45) is 5.73 Å². The Balaban J connectivity index is 2.29. The zero-order valence-corrected chi connectivity index (χ0v) is 11.8. The largest absolute Gasteiger partial charge is 0.505 e. The number of phenols is 1. The summed E-state index contributed by atoms with van der Waals surface area (Å²) in [7, 11) is 0. The van der Waals surface area contributed by atoms with E-state index in [2.05, 4.69) is 10.3 Å². The quantitative estimate of drug-likeness (QED) is 0.450. The zero-order chi connectivity index (χ0) is 15.6. The summed E-state index contributed by atoms with van der Waals surface area (Å²) in [5.74, 6) is -1.04. The molecule has 0 fully saturated rings. The van der Waals surface area contributed by atoms with E-state index in [-0.39, 0.29) is 23.2 Å². The Morgan fingerprint density at radius 1 is 1.57 bits per heavy atom. The first kappa shape index (κ1) is 14.9. The van der Waals surface area contributed by atoms with Gasteiger partial charge in [-0.05, 0) is 13.0 Å². The number of aromatic nitrogens is 1. The van der Waals surface area contributed by atoms with E-state index >= 15 is 0 Å². The summed E-state index contributed by atoms with van der Waals surface area (Å²) in [6.07, 6.45) is 0. The van der Waals surface area contributed by atoms with Crippen molar-refractivity contribution in [2.45, 2.75) is 13.0 Å². The van der Waals surface area contributed by atoms with E-state index in [9.17, 15) is 20.0 Å². The van der Waals surface area contributed by atoms with Crippen molar-refractivity contribution in [3.05, 3.63) is 44.4 Å². The summed E-state index contributed by atoms with van der Waals surface area (Å²) >= 11 is 1.22. The maximum Gasteiger partial charge on any atom is 0.296 e. The summed E-state index contributed by atoms with van der Waals surface area (Å²) in [6.45, 7) is 1.73. The van der Waals surface area contributed by atoms with E-state index in [1.165, 1.54) is 34.9 Å². The van der Waals surface area contributed by atoms with Gasteiger partial charge >= 0.3 is 0 Å². The monoisotopic (exact) mass is 308 g/mol. The van der Waals surface area contributed by atoms with Crippen LogP contribution in [0, 0.1) is 10.1 Å². The average Bonchev–Trinajstić information content (AvgIpc) is 2.90. The van der Waals surface area contributed by atoms with Crippen molar-refractivity contribution in [1.29, 1.82) is 0 Å². The number of nitrogens with zero attached hydrogens (tertiary/aromatic N) is 2. The van der Waals surface area contributed by atoms with Gasteiger partial charge in [0.15, 0.2) is 5.69 Å². The molecule has 0 saturated carbocycles. The number of anilines is 1. The molecule has 21 heavy (non-hydrogen) atoms. The van der Waals surface area contributed by atoms with Crippen LogP contribution in [-0.2, 0) is 0 Å². The number of nitrogens with one attached hydrogen (secondary N) is 1. The number of benzene rings is 1. The molecule has 8 nitrogen and oxygen atoms in total. The first-order valence-electron chi connectivity index (χ1n) is 5.89. The third kappa shape index (κ3) is 3.15. The molecule has 1 aromatic heterocycles. The van der Waals surface area contributed by atoms with Gasteiger partial charge in [0, 0.05) is 11.4 Å². The molecule has 1 unspecified atom stereocenters. The second-order valence-corrected chi connectivity index (χ2v) is 5.13. The molecule has 9 heteroatoms. The number of amides is 1. The van der Waals surface area contributed by atoms with Gasteiger partial charge in [-0.1, -0.05) is 6.07 Å². The van der Waals surface area contributed by atoms with E-state index in [1.807, 2.05) is 0 Å². The lowest BCUT2D eigenvalue weighted by Crippen LogP contribution is -2.14.